The minimum absolute atomic E-state index is 0.119. The van der Waals surface area contributed by atoms with Crippen molar-refractivity contribution in [3.05, 3.63) is 66.5 Å². The molecule has 0 saturated carbocycles. The first-order valence-corrected chi connectivity index (χ1v) is 7.96. The summed E-state index contributed by atoms with van der Waals surface area (Å²) in [6.45, 7) is 1.98. The Morgan fingerprint density at radius 3 is 2.60 bits per heavy atom. The summed E-state index contributed by atoms with van der Waals surface area (Å²) in [7, 11) is 1.54. The monoisotopic (exact) mass is 331 g/mol. The van der Waals surface area contributed by atoms with Crippen molar-refractivity contribution in [2.75, 3.05) is 7.11 Å². The summed E-state index contributed by atoms with van der Waals surface area (Å²) in [6, 6.07) is 17.2. The Bertz CT molecular complexity index is 1060. The number of aromatic hydroxyl groups is 1. The van der Waals surface area contributed by atoms with Crippen molar-refractivity contribution in [2.45, 2.75) is 6.92 Å². The van der Waals surface area contributed by atoms with Crippen molar-refractivity contribution in [1.29, 1.82) is 0 Å². The molecule has 4 rings (SSSR count). The van der Waals surface area contributed by atoms with E-state index in [0.717, 1.165) is 33.5 Å². The molecule has 0 fully saturated rings. The number of fused-ring (bicyclic) bond motifs is 1. The molecule has 0 saturated heterocycles. The van der Waals surface area contributed by atoms with Crippen LogP contribution in [0.4, 0.5) is 0 Å². The van der Waals surface area contributed by atoms with Crippen molar-refractivity contribution in [3.8, 4) is 28.3 Å². The number of pyridine rings is 1. The van der Waals surface area contributed by atoms with Crippen molar-refractivity contribution < 1.29 is 9.84 Å². The Morgan fingerprint density at radius 1 is 1.04 bits per heavy atom. The Morgan fingerprint density at radius 2 is 1.84 bits per heavy atom. The highest BCUT2D eigenvalue weighted by molar-refractivity contribution is 5.95. The van der Waals surface area contributed by atoms with Crippen LogP contribution in [0.3, 0.4) is 0 Å². The topological polar surface area (TPSA) is 60.2 Å². The number of aryl methyl sites for hydroxylation is 1. The number of aromatic nitrogens is 3. The maximum Gasteiger partial charge on any atom is 0.163 e. The van der Waals surface area contributed by atoms with Gasteiger partial charge in [0, 0.05) is 6.20 Å². The van der Waals surface area contributed by atoms with Crippen molar-refractivity contribution in [2.24, 2.45) is 0 Å². The van der Waals surface area contributed by atoms with Crippen LogP contribution in [0.1, 0.15) is 5.69 Å². The van der Waals surface area contributed by atoms with Crippen LogP contribution in [0.15, 0.2) is 60.8 Å². The molecule has 5 nitrogen and oxygen atoms in total. The third kappa shape index (κ3) is 2.50. The van der Waals surface area contributed by atoms with E-state index in [1.54, 1.807) is 19.4 Å². The largest absolute Gasteiger partial charge is 0.504 e. The maximum atomic E-state index is 9.85. The molecule has 0 aliphatic heterocycles. The summed E-state index contributed by atoms with van der Waals surface area (Å²) in [6.07, 6.45) is 1.78. The lowest BCUT2D eigenvalue weighted by atomic mass is 10.0. The molecule has 0 spiro atoms. The fraction of sp³-hybridized carbons (Fsp3) is 0.100. The number of methoxy groups -OCH3 is 1. The van der Waals surface area contributed by atoms with Crippen LogP contribution < -0.4 is 4.74 Å². The fourth-order valence-corrected chi connectivity index (χ4v) is 3.05. The molecule has 0 amide bonds. The van der Waals surface area contributed by atoms with E-state index < -0.39 is 0 Å². The zero-order chi connectivity index (χ0) is 17.4. The van der Waals surface area contributed by atoms with Gasteiger partial charge in [-0.15, -0.1) is 0 Å². The molecule has 5 heteroatoms. The van der Waals surface area contributed by atoms with E-state index in [9.17, 15) is 5.11 Å². The minimum Gasteiger partial charge on any atom is -0.504 e. The first-order valence-electron chi connectivity index (χ1n) is 7.96. The molecule has 0 radical (unpaired) electrons. The quantitative estimate of drug-likeness (QED) is 0.614. The van der Waals surface area contributed by atoms with E-state index in [1.165, 1.54) is 0 Å². The molecule has 2 aromatic heterocycles. The van der Waals surface area contributed by atoms with Crippen LogP contribution >= 0.6 is 0 Å². The summed E-state index contributed by atoms with van der Waals surface area (Å²) < 4.78 is 7.09. The molecule has 2 heterocycles. The number of rotatable bonds is 3. The lowest BCUT2D eigenvalue weighted by Crippen LogP contribution is -1.97. The third-order valence-electron chi connectivity index (χ3n) is 4.23. The number of hydrogen-bond acceptors (Lipinski definition) is 4. The smallest absolute Gasteiger partial charge is 0.163 e. The Labute approximate surface area is 145 Å². The van der Waals surface area contributed by atoms with Gasteiger partial charge in [0.25, 0.3) is 0 Å². The van der Waals surface area contributed by atoms with Crippen LogP contribution in [0, 0.1) is 6.92 Å². The predicted molar refractivity (Wildman–Crippen MR) is 97.3 cm³/mol. The van der Waals surface area contributed by atoms with Gasteiger partial charge in [0.15, 0.2) is 17.1 Å². The second kappa shape index (κ2) is 5.94. The Balaban J connectivity index is 1.97. The van der Waals surface area contributed by atoms with Crippen LogP contribution in [0.5, 0.6) is 11.5 Å². The van der Waals surface area contributed by atoms with Gasteiger partial charge in [0.2, 0.25) is 0 Å². The van der Waals surface area contributed by atoms with Gasteiger partial charge in [0.05, 0.1) is 23.9 Å². The van der Waals surface area contributed by atoms with Gasteiger partial charge in [-0.2, -0.15) is 5.10 Å². The normalized spacial score (nSPS) is 11.0. The van der Waals surface area contributed by atoms with Crippen LogP contribution in [0.25, 0.3) is 27.8 Å². The number of nitrogens with zero attached hydrogens (tertiary/aromatic N) is 3. The number of benzene rings is 2. The van der Waals surface area contributed by atoms with Crippen molar-refractivity contribution >= 4 is 11.0 Å². The third-order valence-corrected chi connectivity index (χ3v) is 4.23. The van der Waals surface area contributed by atoms with E-state index in [2.05, 4.69) is 10.1 Å². The van der Waals surface area contributed by atoms with E-state index >= 15 is 0 Å². The van der Waals surface area contributed by atoms with Crippen LogP contribution in [-0.4, -0.2) is 27.0 Å². The minimum atomic E-state index is 0.119. The first-order chi connectivity index (χ1) is 12.2. The summed E-state index contributed by atoms with van der Waals surface area (Å²) in [5.41, 5.74) is 4.61. The highest BCUT2D eigenvalue weighted by Crippen LogP contribution is 2.35. The molecular weight excluding hydrogens is 314 g/mol. The van der Waals surface area contributed by atoms with Gasteiger partial charge >= 0.3 is 0 Å². The van der Waals surface area contributed by atoms with E-state index in [0.29, 0.717) is 5.75 Å². The Kier molecular flexibility index (Phi) is 3.61. The highest BCUT2D eigenvalue weighted by Gasteiger charge is 2.16. The lowest BCUT2D eigenvalue weighted by molar-refractivity contribution is 0.373. The zero-order valence-corrected chi connectivity index (χ0v) is 14.0. The van der Waals surface area contributed by atoms with Gasteiger partial charge in [-0.3, -0.25) is 0 Å². The average molecular weight is 331 g/mol. The number of hydrogen-bond donors (Lipinski definition) is 1. The lowest BCUT2D eigenvalue weighted by Gasteiger charge is -2.08. The number of phenols is 1. The molecule has 0 bridgehead atoms. The molecular formula is C20H17N3O2. The van der Waals surface area contributed by atoms with Gasteiger partial charge in [0.1, 0.15) is 0 Å². The molecule has 4 aromatic rings. The summed E-state index contributed by atoms with van der Waals surface area (Å²) >= 11 is 0. The van der Waals surface area contributed by atoms with Crippen LogP contribution in [0.2, 0.25) is 0 Å². The molecule has 124 valence electrons. The van der Waals surface area contributed by atoms with Crippen molar-refractivity contribution in [3.63, 3.8) is 0 Å². The Hall–Kier alpha value is -3.34. The predicted octanol–water partition coefficient (Wildman–Crippen LogP) is 4.11. The zero-order valence-electron chi connectivity index (χ0n) is 14.0. The van der Waals surface area contributed by atoms with E-state index in [1.807, 2.05) is 60.1 Å². The highest BCUT2D eigenvalue weighted by atomic mass is 16.5. The molecule has 0 atom stereocenters. The SMILES string of the molecule is COc1cc(-c2ccnc3c2c(C)nn3-c2ccccc2)ccc1O. The summed E-state index contributed by atoms with van der Waals surface area (Å²) in [5, 5.41) is 15.5. The molecule has 0 aliphatic rings. The molecule has 0 unspecified atom stereocenters. The molecule has 0 aliphatic carbocycles. The molecule has 2 aromatic carbocycles. The summed E-state index contributed by atoms with van der Waals surface area (Å²) in [5.74, 6) is 0.559. The fourth-order valence-electron chi connectivity index (χ4n) is 3.05. The van der Waals surface area contributed by atoms with Gasteiger partial charge < -0.3 is 9.84 Å². The second-order valence-corrected chi connectivity index (χ2v) is 5.78. The number of para-hydroxylation sites is 1. The van der Waals surface area contributed by atoms with Gasteiger partial charge in [-0.25, -0.2) is 9.67 Å². The molecule has 1 N–H and O–H groups in total. The number of ether oxygens (including phenoxy) is 1. The first kappa shape index (κ1) is 15.2. The standard InChI is InChI=1S/C20H17N3O2/c1-13-19-16(14-8-9-17(24)18(12-14)25-2)10-11-21-20(19)23(22-13)15-6-4-3-5-7-15/h3-12,24H,1-2H3. The van der Waals surface area contributed by atoms with E-state index in [4.69, 9.17) is 4.74 Å². The maximum absolute atomic E-state index is 9.85. The summed E-state index contributed by atoms with van der Waals surface area (Å²) in [4.78, 5) is 4.54. The van der Waals surface area contributed by atoms with Gasteiger partial charge in [-0.05, 0) is 48.4 Å². The van der Waals surface area contributed by atoms with E-state index in [-0.39, 0.29) is 5.75 Å². The molecule has 25 heavy (non-hydrogen) atoms. The second-order valence-electron chi connectivity index (χ2n) is 5.78. The van der Waals surface area contributed by atoms with Crippen molar-refractivity contribution in [1.82, 2.24) is 14.8 Å². The average Bonchev–Trinajstić information content (AvgIpc) is 3.00. The van der Waals surface area contributed by atoms with Crippen LogP contribution in [-0.2, 0) is 0 Å². The van der Waals surface area contributed by atoms with Gasteiger partial charge in [-0.1, -0.05) is 24.3 Å². The number of phenolic OH excluding ortho intramolecular Hbond substituents is 1.